The lowest BCUT2D eigenvalue weighted by atomic mass is 10.1. The predicted octanol–water partition coefficient (Wildman–Crippen LogP) is 2.60. The lowest BCUT2D eigenvalue weighted by molar-refractivity contribution is 0.472. The van der Waals surface area contributed by atoms with Gasteiger partial charge in [0.05, 0.1) is 11.2 Å². The van der Waals surface area contributed by atoms with Crippen LogP contribution in [0.1, 0.15) is 25.8 Å². The summed E-state index contributed by atoms with van der Waals surface area (Å²) in [5.41, 5.74) is 6.07. The van der Waals surface area contributed by atoms with Gasteiger partial charge in [-0.15, -0.1) is 4.40 Å². The fraction of sp³-hybridized carbons (Fsp3) is 0.238. The number of aromatic hydroxyl groups is 2. The highest BCUT2D eigenvalue weighted by Crippen LogP contribution is 2.34. The maximum absolute atomic E-state index is 13.4. The van der Waals surface area contributed by atoms with Gasteiger partial charge in [0.2, 0.25) is 0 Å². The zero-order valence-corrected chi connectivity index (χ0v) is 17.8. The van der Waals surface area contributed by atoms with Crippen LogP contribution in [0.3, 0.4) is 0 Å². The van der Waals surface area contributed by atoms with Crippen molar-refractivity contribution in [3.05, 3.63) is 52.3 Å². The van der Waals surface area contributed by atoms with Crippen molar-refractivity contribution < 1.29 is 18.6 Å². The first-order chi connectivity index (χ1) is 14.6. The van der Waals surface area contributed by atoms with Crippen LogP contribution in [-0.4, -0.2) is 29.0 Å². The number of pyridine rings is 1. The van der Waals surface area contributed by atoms with Gasteiger partial charge in [-0.3, -0.25) is 4.79 Å². The lowest BCUT2D eigenvalue weighted by Gasteiger charge is -2.21. The van der Waals surface area contributed by atoms with Crippen molar-refractivity contribution in [1.29, 1.82) is 0 Å². The van der Waals surface area contributed by atoms with E-state index in [0.717, 1.165) is 6.07 Å². The van der Waals surface area contributed by atoms with E-state index in [4.69, 9.17) is 5.73 Å². The first kappa shape index (κ1) is 20.7. The molecule has 162 valence electrons. The third-order valence-corrected chi connectivity index (χ3v) is 6.45. The number of nitrogen functional groups attached to an aromatic ring is 1. The summed E-state index contributed by atoms with van der Waals surface area (Å²) in [6, 6.07) is 8.57. The molecule has 2 heterocycles. The number of amidine groups is 1. The molecular formula is C21H22N4O5S. The van der Waals surface area contributed by atoms with Crippen LogP contribution in [0.2, 0.25) is 0 Å². The molecule has 3 aromatic rings. The number of hydrogen-bond acceptors (Lipinski definition) is 7. The van der Waals surface area contributed by atoms with Crippen LogP contribution in [-0.2, 0) is 16.6 Å². The van der Waals surface area contributed by atoms with E-state index in [1.165, 1.54) is 22.8 Å². The van der Waals surface area contributed by atoms with Crippen molar-refractivity contribution in [3.63, 3.8) is 0 Å². The highest BCUT2D eigenvalue weighted by molar-refractivity contribution is 7.90. The summed E-state index contributed by atoms with van der Waals surface area (Å²) in [5.74, 6) is -0.610. The van der Waals surface area contributed by atoms with Gasteiger partial charge in [-0.05, 0) is 42.7 Å². The number of nitrogens with one attached hydrogen (secondary N) is 1. The summed E-state index contributed by atoms with van der Waals surface area (Å²) in [4.78, 5) is 13.2. The third kappa shape index (κ3) is 3.59. The van der Waals surface area contributed by atoms with Crippen LogP contribution in [0.25, 0.3) is 10.9 Å². The molecule has 0 fully saturated rings. The fourth-order valence-corrected chi connectivity index (χ4v) is 4.68. The van der Waals surface area contributed by atoms with Crippen molar-refractivity contribution in [2.24, 2.45) is 10.3 Å². The second kappa shape index (κ2) is 7.31. The summed E-state index contributed by atoms with van der Waals surface area (Å²) in [6.07, 6.45) is 0.698. The van der Waals surface area contributed by atoms with Crippen LogP contribution in [0, 0.1) is 5.92 Å². The van der Waals surface area contributed by atoms with Crippen LogP contribution in [0.4, 0.5) is 11.4 Å². The first-order valence-electron chi connectivity index (χ1n) is 9.69. The van der Waals surface area contributed by atoms with Crippen molar-refractivity contribution in [2.75, 3.05) is 11.1 Å². The van der Waals surface area contributed by atoms with Crippen LogP contribution in [0.15, 0.2) is 50.5 Å². The Balaban J connectivity index is 1.99. The van der Waals surface area contributed by atoms with Crippen LogP contribution in [0.5, 0.6) is 11.5 Å². The highest BCUT2D eigenvalue weighted by atomic mass is 32.2. The summed E-state index contributed by atoms with van der Waals surface area (Å²) in [7, 11) is -4.21. The highest BCUT2D eigenvalue weighted by Gasteiger charge is 2.30. The van der Waals surface area contributed by atoms with Gasteiger partial charge in [0.15, 0.2) is 5.84 Å². The molecule has 1 aliphatic heterocycles. The van der Waals surface area contributed by atoms with E-state index in [1.54, 1.807) is 12.1 Å². The number of phenols is 1. The predicted molar refractivity (Wildman–Crippen MR) is 119 cm³/mol. The number of phenolic OH excluding ortho intramolecular Hbond substituents is 1. The number of hydrogen-bond donors (Lipinski definition) is 4. The monoisotopic (exact) mass is 442 g/mol. The molecule has 0 spiro atoms. The number of nitrogens with zero attached hydrogens (tertiary/aromatic N) is 2. The number of aryl methyl sites for hydroxylation is 1. The third-order valence-electron chi connectivity index (χ3n) is 5.14. The number of rotatable bonds is 4. The molecule has 31 heavy (non-hydrogen) atoms. The van der Waals surface area contributed by atoms with E-state index < -0.39 is 21.3 Å². The maximum atomic E-state index is 13.4. The van der Waals surface area contributed by atoms with Crippen molar-refractivity contribution in [3.8, 4) is 11.5 Å². The molecule has 0 radical (unpaired) electrons. The standard InChI is InChI=1S/C21H22N4O5S/c1-11(2)7-8-25-16-6-3-12(22)9-14(16)19(27)18(21(25)28)20-23-15-5-4-13(26)10-17(15)31(29,30)24-20/h3-6,9-11,26-27H,7-8,22H2,1-2H3,(H,23,24). The summed E-state index contributed by atoms with van der Waals surface area (Å²) < 4.78 is 30.6. The molecule has 1 aromatic heterocycles. The topological polar surface area (TPSA) is 147 Å². The van der Waals surface area contributed by atoms with E-state index in [9.17, 15) is 23.4 Å². The molecule has 0 unspecified atom stereocenters. The van der Waals surface area contributed by atoms with E-state index >= 15 is 0 Å². The minimum absolute atomic E-state index is 0.142. The molecule has 1 aliphatic rings. The van der Waals surface area contributed by atoms with Gasteiger partial charge in [-0.25, -0.2) is 0 Å². The van der Waals surface area contributed by atoms with Gasteiger partial charge in [0, 0.05) is 23.7 Å². The number of anilines is 2. The molecule has 0 atom stereocenters. The smallest absolute Gasteiger partial charge is 0.286 e. The van der Waals surface area contributed by atoms with E-state index in [1.807, 2.05) is 13.8 Å². The van der Waals surface area contributed by atoms with Crippen LogP contribution >= 0.6 is 0 Å². The molecule has 0 saturated heterocycles. The lowest BCUT2D eigenvalue weighted by Crippen LogP contribution is -2.33. The Hall–Kier alpha value is -3.53. The molecular weight excluding hydrogens is 420 g/mol. The molecule has 0 aliphatic carbocycles. The Labute approximate surface area is 178 Å². The van der Waals surface area contributed by atoms with Gasteiger partial charge in [0.1, 0.15) is 22.0 Å². The normalized spacial score (nSPS) is 14.9. The van der Waals surface area contributed by atoms with E-state index in [0.29, 0.717) is 35.5 Å². The summed E-state index contributed by atoms with van der Waals surface area (Å²) in [6.45, 7) is 4.42. The zero-order chi connectivity index (χ0) is 22.5. The molecule has 2 aromatic carbocycles. The number of aromatic nitrogens is 1. The van der Waals surface area contributed by atoms with Gasteiger partial charge in [-0.1, -0.05) is 13.8 Å². The Bertz CT molecular complexity index is 1410. The largest absolute Gasteiger partial charge is 0.508 e. The number of sulfonamides is 1. The van der Waals surface area contributed by atoms with E-state index in [2.05, 4.69) is 9.71 Å². The zero-order valence-electron chi connectivity index (χ0n) is 17.0. The maximum Gasteiger partial charge on any atom is 0.286 e. The SMILES string of the molecule is CC(C)CCn1c(=O)c(C2=NS(=O)(=O)c3cc(O)ccc3N2)c(O)c2cc(N)ccc21. The number of benzene rings is 2. The van der Waals surface area contributed by atoms with Crippen LogP contribution < -0.4 is 16.6 Å². The van der Waals surface area contributed by atoms with Gasteiger partial charge in [0.25, 0.3) is 15.6 Å². The average Bonchev–Trinajstić information content (AvgIpc) is 2.68. The van der Waals surface area contributed by atoms with E-state index in [-0.39, 0.29) is 27.7 Å². The Morgan fingerprint density at radius 3 is 2.61 bits per heavy atom. The van der Waals surface area contributed by atoms with Crippen molar-refractivity contribution >= 4 is 38.1 Å². The molecule has 4 rings (SSSR count). The average molecular weight is 442 g/mol. The Kier molecular flexibility index (Phi) is 4.89. The molecule has 5 N–H and O–H groups in total. The molecule has 9 nitrogen and oxygen atoms in total. The quantitative estimate of drug-likeness (QED) is 0.359. The second-order valence-electron chi connectivity index (χ2n) is 7.86. The molecule has 0 amide bonds. The van der Waals surface area contributed by atoms with Gasteiger partial charge < -0.3 is 25.8 Å². The number of fused-ring (bicyclic) bond motifs is 2. The molecule has 10 heteroatoms. The molecule has 0 bridgehead atoms. The van der Waals surface area contributed by atoms with Gasteiger partial charge >= 0.3 is 0 Å². The fourth-order valence-electron chi connectivity index (χ4n) is 3.54. The van der Waals surface area contributed by atoms with Crippen molar-refractivity contribution in [2.45, 2.75) is 31.7 Å². The summed E-state index contributed by atoms with van der Waals surface area (Å²) >= 11 is 0. The second-order valence-corrected chi connectivity index (χ2v) is 9.43. The minimum atomic E-state index is -4.21. The van der Waals surface area contributed by atoms with Crippen molar-refractivity contribution in [1.82, 2.24) is 4.57 Å². The minimum Gasteiger partial charge on any atom is -0.508 e. The number of nitrogens with two attached hydrogens (primary N) is 1. The first-order valence-corrected chi connectivity index (χ1v) is 11.1. The Morgan fingerprint density at radius 2 is 1.90 bits per heavy atom. The summed E-state index contributed by atoms with van der Waals surface area (Å²) in [5, 5.41) is 23.7. The van der Waals surface area contributed by atoms with Gasteiger partial charge in [-0.2, -0.15) is 8.42 Å². The Morgan fingerprint density at radius 1 is 1.16 bits per heavy atom. The molecule has 0 saturated carbocycles.